The highest BCUT2D eigenvalue weighted by molar-refractivity contribution is 5.92. The Balaban J connectivity index is 2.98. The van der Waals surface area contributed by atoms with Crippen molar-refractivity contribution in [2.75, 3.05) is 0 Å². The Bertz CT molecular complexity index is 205. The van der Waals surface area contributed by atoms with Crippen molar-refractivity contribution in [3.63, 3.8) is 0 Å². The summed E-state index contributed by atoms with van der Waals surface area (Å²) in [6.07, 6.45) is 2.75. The Morgan fingerprint density at radius 3 is 2.33 bits per heavy atom. The first-order valence-electron chi connectivity index (χ1n) is 2.48. The molecule has 9 heavy (non-hydrogen) atoms. The Labute approximate surface area is 52.5 Å². The molecular weight excluding hydrogens is 116 g/mol. The van der Waals surface area contributed by atoms with Crippen LogP contribution in [0, 0.1) is 5.41 Å². The smallest absolute Gasteiger partial charge is 0.175 e. The number of nitrogens with one attached hydrogen (secondary N) is 1. The summed E-state index contributed by atoms with van der Waals surface area (Å²) in [6, 6.07) is 0. The van der Waals surface area contributed by atoms with E-state index in [1.807, 2.05) is 0 Å². The first-order chi connectivity index (χ1) is 4.30. The maximum absolute atomic E-state index is 7.08. The third-order valence-electron chi connectivity index (χ3n) is 0.829. The van der Waals surface area contributed by atoms with Crippen LogP contribution in [0.15, 0.2) is 12.7 Å². The summed E-state index contributed by atoms with van der Waals surface area (Å²) in [5, 5.41) is 7.08. The maximum atomic E-state index is 7.08. The van der Waals surface area contributed by atoms with Gasteiger partial charge in [0.25, 0.3) is 0 Å². The number of hydrogen-bond acceptors (Lipinski definition) is 4. The van der Waals surface area contributed by atoms with Gasteiger partial charge < -0.3 is 5.41 Å². The van der Waals surface area contributed by atoms with Gasteiger partial charge in [-0.25, -0.2) is 15.0 Å². The molecule has 0 unspecified atom stereocenters. The minimum atomic E-state index is 0.359. The van der Waals surface area contributed by atoms with Gasteiger partial charge in [-0.3, -0.25) is 0 Å². The molecule has 0 spiro atoms. The van der Waals surface area contributed by atoms with Gasteiger partial charge in [-0.2, -0.15) is 0 Å². The van der Waals surface area contributed by atoms with Crippen molar-refractivity contribution >= 4 is 5.71 Å². The predicted molar refractivity (Wildman–Crippen MR) is 32.3 cm³/mol. The average Bonchev–Trinajstić information content (AvgIpc) is 1.90. The van der Waals surface area contributed by atoms with Crippen molar-refractivity contribution in [2.24, 2.45) is 0 Å². The average molecular weight is 122 g/mol. The standard InChI is InChI=1S/C5H6N4/c1-4(6)5-8-2-7-3-9-5/h2-3,6H,1H3. The molecule has 0 bridgehead atoms. The zero-order chi connectivity index (χ0) is 6.69. The molecule has 0 amide bonds. The molecule has 0 aliphatic carbocycles. The maximum Gasteiger partial charge on any atom is 0.175 e. The van der Waals surface area contributed by atoms with Gasteiger partial charge in [0, 0.05) is 0 Å². The first-order valence-corrected chi connectivity index (χ1v) is 2.48. The number of rotatable bonds is 1. The largest absolute Gasteiger partial charge is 0.302 e. The van der Waals surface area contributed by atoms with Crippen molar-refractivity contribution in [2.45, 2.75) is 6.92 Å². The molecule has 0 fully saturated rings. The summed E-state index contributed by atoms with van der Waals surface area (Å²) in [6.45, 7) is 1.63. The molecule has 0 aliphatic heterocycles. The second-order valence-electron chi connectivity index (χ2n) is 1.59. The predicted octanol–water partition coefficient (Wildman–Crippen LogP) is 0.259. The number of aromatic nitrogens is 3. The zero-order valence-corrected chi connectivity index (χ0v) is 5.00. The van der Waals surface area contributed by atoms with Crippen LogP contribution in [0.4, 0.5) is 0 Å². The number of nitrogens with zero attached hydrogens (tertiary/aromatic N) is 3. The van der Waals surface area contributed by atoms with Crippen LogP contribution < -0.4 is 0 Å². The van der Waals surface area contributed by atoms with Crippen molar-refractivity contribution in [3.05, 3.63) is 18.5 Å². The fraction of sp³-hybridized carbons (Fsp3) is 0.200. The molecule has 0 atom stereocenters. The highest BCUT2D eigenvalue weighted by atomic mass is 15.0. The van der Waals surface area contributed by atoms with Gasteiger partial charge in [-0.15, -0.1) is 0 Å². The fourth-order valence-corrected chi connectivity index (χ4v) is 0.433. The van der Waals surface area contributed by atoms with Crippen molar-refractivity contribution in [1.29, 1.82) is 5.41 Å². The summed E-state index contributed by atoms with van der Waals surface area (Å²) < 4.78 is 0. The summed E-state index contributed by atoms with van der Waals surface area (Å²) in [5.41, 5.74) is 0.359. The third-order valence-corrected chi connectivity index (χ3v) is 0.829. The fourth-order valence-electron chi connectivity index (χ4n) is 0.433. The molecule has 0 aliphatic rings. The lowest BCUT2D eigenvalue weighted by atomic mass is 10.4. The summed E-state index contributed by atoms with van der Waals surface area (Å²) >= 11 is 0. The van der Waals surface area contributed by atoms with E-state index in [0.29, 0.717) is 11.5 Å². The molecule has 1 heterocycles. The van der Waals surface area contributed by atoms with E-state index in [-0.39, 0.29) is 0 Å². The summed E-state index contributed by atoms with van der Waals surface area (Å²) in [5.74, 6) is 0.435. The van der Waals surface area contributed by atoms with Crippen LogP contribution in [0.5, 0.6) is 0 Å². The van der Waals surface area contributed by atoms with E-state index in [1.54, 1.807) is 6.92 Å². The third kappa shape index (κ3) is 1.28. The van der Waals surface area contributed by atoms with E-state index in [9.17, 15) is 0 Å². The molecule has 1 aromatic heterocycles. The van der Waals surface area contributed by atoms with Gasteiger partial charge in [-0.1, -0.05) is 0 Å². The Morgan fingerprint density at radius 2 is 2.00 bits per heavy atom. The lowest BCUT2D eigenvalue weighted by molar-refractivity contribution is 1.02. The topological polar surface area (TPSA) is 62.5 Å². The van der Waals surface area contributed by atoms with Crippen LogP contribution in [0.2, 0.25) is 0 Å². The van der Waals surface area contributed by atoms with Crippen LogP contribution in [0.3, 0.4) is 0 Å². The van der Waals surface area contributed by atoms with Gasteiger partial charge >= 0.3 is 0 Å². The molecule has 4 heteroatoms. The normalized spacial score (nSPS) is 9.00. The van der Waals surface area contributed by atoms with Crippen LogP contribution in [0.25, 0.3) is 0 Å². The Kier molecular flexibility index (Phi) is 1.48. The second kappa shape index (κ2) is 2.30. The van der Waals surface area contributed by atoms with Gasteiger partial charge in [0.05, 0.1) is 5.71 Å². The Morgan fingerprint density at radius 1 is 1.44 bits per heavy atom. The molecular formula is C5H6N4. The van der Waals surface area contributed by atoms with E-state index < -0.39 is 0 Å². The van der Waals surface area contributed by atoms with Gasteiger partial charge in [0.1, 0.15) is 12.7 Å². The molecule has 0 saturated carbocycles. The summed E-state index contributed by atoms with van der Waals surface area (Å²) in [7, 11) is 0. The molecule has 0 saturated heterocycles. The first kappa shape index (κ1) is 5.81. The monoisotopic (exact) mass is 122 g/mol. The highest BCUT2D eigenvalue weighted by Crippen LogP contribution is 1.83. The molecule has 46 valence electrons. The number of hydrogen-bond donors (Lipinski definition) is 1. The Hall–Kier alpha value is -1.32. The van der Waals surface area contributed by atoms with Crippen LogP contribution in [-0.4, -0.2) is 20.7 Å². The molecule has 0 radical (unpaired) electrons. The van der Waals surface area contributed by atoms with Crippen molar-refractivity contribution in [1.82, 2.24) is 15.0 Å². The molecule has 0 aromatic carbocycles. The molecule has 4 nitrogen and oxygen atoms in total. The summed E-state index contributed by atoms with van der Waals surface area (Å²) in [4.78, 5) is 11.1. The minimum Gasteiger partial charge on any atom is -0.302 e. The molecule has 1 rings (SSSR count). The lowest BCUT2D eigenvalue weighted by Gasteiger charge is -1.89. The van der Waals surface area contributed by atoms with Gasteiger partial charge in [-0.05, 0) is 6.92 Å². The van der Waals surface area contributed by atoms with Crippen LogP contribution >= 0.6 is 0 Å². The molecule has 1 aromatic rings. The highest BCUT2D eigenvalue weighted by Gasteiger charge is 1.93. The van der Waals surface area contributed by atoms with Crippen molar-refractivity contribution in [3.8, 4) is 0 Å². The van der Waals surface area contributed by atoms with Crippen molar-refractivity contribution < 1.29 is 0 Å². The van der Waals surface area contributed by atoms with E-state index >= 15 is 0 Å². The van der Waals surface area contributed by atoms with Crippen LogP contribution in [-0.2, 0) is 0 Å². The van der Waals surface area contributed by atoms with Crippen LogP contribution in [0.1, 0.15) is 12.7 Å². The quantitative estimate of drug-likeness (QED) is 0.543. The second-order valence-corrected chi connectivity index (χ2v) is 1.59. The lowest BCUT2D eigenvalue weighted by Crippen LogP contribution is -1.99. The van der Waals surface area contributed by atoms with Gasteiger partial charge in [0.15, 0.2) is 5.82 Å². The van der Waals surface area contributed by atoms with E-state index in [4.69, 9.17) is 5.41 Å². The van der Waals surface area contributed by atoms with E-state index in [0.717, 1.165) is 0 Å². The van der Waals surface area contributed by atoms with E-state index in [1.165, 1.54) is 12.7 Å². The van der Waals surface area contributed by atoms with E-state index in [2.05, 4.69) is 15.0 Å². The zero-order valence-electron chi connectivity index (χ0n) is 5.00. The van der Waals surface area contributed by atoms with Gasteiger partial charge in [0.2, 0.25) is 0 Å². The molecule has 1 N–H and O–H groups in total. The minimum absolute atomic E-state index is 0.359. The SMILES string of the molecule is CC(=N)c1ncncn1.